The van der Waals surface area contributed by atoms with Crippen molar-refractivity contribution in [3.05, 3.63) is 66.0 Å². The lowest BCUT2D eigenvalue weighted by Crippen LogP contribution is -2.11. The van der Waals surface area contributed by atoms with E-state index in [-0.39, 0.29) is 10.9 Å². The summed E-state index contributed by atoms with van der Waals surface area (Å²) in [5, 5.41) is 13.7. The van der Waals surface area contributed by atoms with E-state index in [1.807, 2.05) is 0 Å². The molecule has 1 N–H and O–H groups in total. The number of fused-ring (bicyclic) bond motifs is 1. The molecule has 4 rings (SSSR count). The van der Waals surface area contributed by atoms with E-state index in [1.54, 1.807) is 54.6 Å². The Bertz CT molecular complexity index is 1120. The number of nitrogens with zero attached hydrogens (tertiary/aromatic N) is 4. The number of benzene rings is 2. The second-order valence-corrected chi connectivity index (χ2v) is 6.48. The van der Waals surface area contributed by atoms with Crippen LogP contribution in [-0.4, -0.2) is 25.7 Å². The fraction of sp³-hybridized carbons (Fsp3) is 0.0588. The summed E-state index contributed by atoms with van der Waals surface area (Å²) < 4.78 is 39.5. The molecule has 27 heavy (non-hydrogen) atoms. The second kappa shape index (κ2) is 6.47. The third-order valence-electron chi connectivity index (χ3n) is 3.65. The Balaban J connectivity index is 1.64. The topological polar surface area (TPSA) is 72.2 Å². The van der Waals surface area contributed by atoms with Crippen LogP contribution in [0.2, 0.25) is 0 Å². The minimum atomic E-state index is -4.64. The van der Waals surface area contributed by atoms with Gasteiger partial charge in [0.1, 0.15) is 5.01 Å². The molecule has 0 fully saturated rings. The fourth-order valence-electron chi connectivity index (χ4n) is 2.43. The third kappa shape index (κ3) is 3.38. The second-order valence-electron chi connectivity index (χ2n) is 5.52. The molecule has 1 amide bonds. The smallest absolute Gasteiger partial charge is 0.322 e. The van der Waals surface area contributed by atoms with Crippen molar-refractivity contribution in [2.24, 2.45) is 0 Å². The van der Waals surface area contributed by atoms with Crippen molar-refractivity contribution < 1.29 is 18.0 Å². The molecular formula is C17H10F3N5OS. The quantitative estimate of drug-likeness (QED) is 0.572. The lowest BCUT2D eigenvalue weighted by atomic mass is 10.2. The van der Waals surface area contributed by atoms with E-state index < -0.39 is 12.0 Å². The van der Waals surface area contributed by atoms with Crippen molar-refractivity contribution in [3.63, 3.8) is 0 Å². The molecule has 0 saturated heterocycles. The van der Waals surface area contributed by atoms with Gasteiger partial charge in [-0.3, -0.25) is 4.79 Å². The standard InChI is InChI=1S/C17H10F3N5OS/c18-17(19,20)15-22-23-16-25(15)24-14(27-16)11-7-4-8-12(9-11)21-13(26)10-5-2-1-3-6-10/h1-9H,(H,21,26). The van der Waals surface area contributed by atoms with Gasteiger partial charge in [0, 0.05) is 16.8 Å². The Morgan fingerprint density at radius 1 is 1.04 bits per heavy atom. The van der Waals surface area contributed by atoms with E-state index in [9.17, 15) is 18.0 Å². The third-order valence-corrected chi connectivity index (χ3v) is 4.60. The lowest BCUT2D eigenvalue weighted by molar-refractivity contribution is -0.146. The summed E-state index contributed by atoms with van der Waals surface area (Å²) in [5.74, 6) is -1.46. The molecule has 2 heterocycles. The first-order valence-electron chi connectivity index (χ1n) is 7.68. The van der Waals surface area contributed by atoms with Gasteiger partial charge in [0.2, 0.25) is 4.96 Å². The van der Waals surface area contributed by atoms with Gasteiger partial charge in [-0.2, -0.15) is 22.8 Å². The van der Waals surface area contributed by atoms with Gasteiger partial charge < -0.3 is 5.32 Å². The molecule has 0 atom stereocenters. The van der Waals surface area contributed by atoms with Crippen molar-refractivity contribution in [1.29, 1.82) is 0 Å². The molecule has 0 aliphatic rings. The van der Waals surface area contributed by atoms with Gasteiger partial charge >= 0.3 is 6.18 Å². The van der Waals surface area contributed by atoms with Gasteiger partial charge in [0.15, 0.2) is 0 Å². The fourth-order valence-corrected chi connectivity index (χ4v) is 3.27. The van der Waals surface area contributed by atoms with E-state index in [1.165, 1.54) is 0 Å². The summed E-state index contributed by atoms with van der Waals surface area (Å²) in [6, 6.07) is 15.4. The highest BCUT2D eigenvalue weighted by Crippen LogP contribution is 2.32. The Kier molecular flexibility index (Phi) is 4.11. The summed E-state index contributed by atoms with van der Waals surface area (Å²) >= 11 is 0.977. The summed E-state index contributed by atoms with van der Waals surface area (Å²) in [4.78, 5) is 12.3. The van der Waals surface area contributed by atoms with Gasteiger partial charge in [0.25, 0.3) is 11.7 Å². The average molecular weight is 389 g/mol. The van der Waals surface area contributed by atoms with Crippen LogP contribution in [0.25, 0.3) is 15.5 Å². The predicted molar refractivity (Wildman–Crippen MR) is 93.5 cm³/mol. The van der Waals surface area contributed by atoms with Crippen LogP contribution in [0, 0.1) is 0 Å². The number of anilines is 1. The summed E-state index contributed by atoms with van der Waals surface area (Å²) in [5.41, 5.74) is 1.56. The maximum absolute atomic E-state index is 12.9. The largest absolute Gasteiger partial charge is 0.453 e. The SMILES string of the molecule is O=C(Nc1cccc(-c2nn3c(C(F)(F)F)nnc3s2)c1)c1ccccc1. The first kappa shape index (κ1) is 17.2. The van der Waals surface area contributed by atoms with Crippen LogP contribution in [0.5, 0.6) is 0 Å². The number of rotatable bonds is 3. The molecule has 2 aromatic heterocycles. The van der Waals surface area contributed by atoms with E-state index in [0.717, 1.165) is 11.3 Å². The molecule has 2 aromatic carbocycles. The molecular weight excluding hydrogens is 379 g/mol. The van der Waals surface area contributed by atoms with Gasteiger partial charge in [0.05, 0.1) is 0 Å². The van der Waals surface area contributed by atoms with Crippen LogP contribution >= 0.6 is 11.3 Å². The first-order valence-corrected chi connectivity index (χ1v) is 8.50. The molecule has 6 nitrogen and oxygen atoms in total. The number of amides is 1. The number of hydrogen-bond donors (Lipinski definition) is 1. The number of nitrogens with one attached hydrogen (secondary N) is 1. The molecule has 0 bridgehead atoms. The van der Waals surface area contributed by atoms with Crippen LogP contribution in [-0.2, 0) is 6.18 Å². The molecule has 0 aliphatic heterocycles. The Morgan fingerprint density at radius 2 is 1.81 bits per heavy atom. The highest BCUT2D eigenvalue weighted by atomic mass is 32.1. The van der Waals surface area contributed by atoms with Crippen molar-refractivity contribution in [2.75, 3.05) is 5.32 Å². The summed E-state index contributed by atoms with van der Waals surface area (Å²) in [7, 11) is 0. The van der Waals surface area contributed by atoms with Gasteiger partial charge in [-0.1, -0.05) is 41.7 Å². The summed E-state index contributed by atoms with van der Waals surface area (Å²) in [6.45, 7) is 0. The predicted octanol–water partition coefficient (Wildman–Crippen LogP) is 4.12. The Labute approximate surface area is 154 Å². The van der Waals surface area contributed by atoms with Crippen LogP contribution in [0.4, 0.5) is 18.9 Å². The zero-order valence-corrected chi connectivity index (χ0v) is 14.3. The molecule has 10 heteroatoms. The number of halogens is 3. The highest BCUT2D eigenvalue weighted by molar-refractivity contribution is 7.19. The number of aromatic nitrogens is 4. The molecule has 4 aromatic rings. The van der Waals surface area contributed by atoms with Gasteiger partial charge in [-0.05, 0) is 24.3 Å². The van der Waals surface area contributed by atoms with Crippen LogP contribution in [0.3, 0.4) is 0 Å². The van der Waals surface area contributed by atoms with Crippen molar-refractivity contribution in [2.45, 2.75) is 6.18 Å². The van der Waals surface area contributed by atoms with E-state index in [2.05, 4.69) is 20.6 Å². The lowest BCUT2D eigenvalue weighted by Gasteiger charge is -2.06. The minimum Gasteiger partial charge on any atom is -0.322 e. The molecule has 0 spiro atoms. The van der Waals surface area contributed by atoms with Crippen molar-refractivity contribution in [3.8, 4) is 10.6 Å². The molecule has 136 valence electrons. The van der Waals surface area contributed by atoms with E-state index >= 15 is 0 Å². The van der Waals surface area contributed by atoms with Crippen molar-refractivity contribution >= 4 is 27.9 Å². The number of alkyl halides is 3. The average Bonchev–Trinajstić information content (AvgIpc) is 3.22. The highest BCUT2D eigenvalue weighted by Gasteiger charge is 2.38. The van der Waals surface area contributed by atoms with Gasteiger partial charge in [-0.15, -0.1) is 10.2 Å². The number of carbonyl (C=O) groups excluding carboxylic acids is 1. The maximum atomic E-state index is 12.9. The molecule has 0 radical (unpaired) electrons. The molecule has 0 aliphatic carbocycles. The van der Waals surface area contributed by atoms with Crippen LogP contribution in [0.1, 0.15) is 16.2 Å². The zero-order valence-electron chi connectivity index (χ0n) is 13.4. The minimum absolute atomic E-state index is 0.0380. The Morgan fingerprint density at radius 3 is 2.56 bits per heavy atom. The van der Waals surface area contributed by atoms with Crippen molar-refractivity contribution in [1.82, 2.24) is 19.8 Å². The number of carbonyl (C=O) groups is 1. The van der Waals surface area contributed by atoms with Gasteiger partial charge in [-0.25, -0.2) is 0 Å². The van der Waals surface area contributed by atoms with Crippen LogP contribution < -0.4 is 5.32 Å². The maximum Gasteiger partial charge on any atom is 0.453 e. The molecule has 0 saturated carbocycles. The van der Waals surface area contributed by atoms with Crippen LogP contribution in [0.15, 0.2) is 54.6 Å². The Hall–Kier alpha value is -3.27. The first-order chi connectivity index (χ1) is 12.9. The zero-order chi connectivity index (χ0) is 19.0. The summed E-state index contributed by atoms with van der Waals surface area (Å²) in [6.07, 6.45) is -4.64. The monoisotopic (exact) mass is 389 g/mol. The van der Waals surface area contributed by atoms with E-state index in [4.69, 9.17) is 0 Å². The normalized spacial score (nSPS) is 11.7. The molecule has 0 unspecified atom stereocenters. The van der Waals surface area contributed by atoms with E-state index in [0.29, 0.717) is 26.3 Å². The number of hydrogen-bond acceptors (Lipinski definition) is 5.